The van der Waals surface area contributed by atoms with Crippen molar-refractivity contribution in [3.8, 4) is 0 Å². The van der Waals surface area contributed by atoms with Crippen LogP contribution in [0.3, 0.4) is 0 Å². The summed E-state index contributed by atoms with van der Waals surface area (Å²) in [6, 6.07) is 8.58. The van der Waals surface area contributed by atoms with Crippen LogP contribution in [0.25, 0.3) is 0 Å². The Bertz CT molecular complexity index is 305. The van der Waals surface area contributed by atoms with E-state index < -0.39 is 8.07 Å². The average molecular weight is 191 g/mol. The Balaban J connectivity index is 3.08. The molecule has 2 heteroatoms. The summed E-state index contributed by atoms with van der Waals surface area (Å²) in [5.74, 6) is 0. The van der Waals surface area contributed by atoms with Gasteiger partial charge in [0.2, 0.25) is 0 Å². The fourth-order valence-electron chi connectivity index (χ4n) is 1.19. The molecule has 0 saturated heterocycles. The zero-order chi connectivity index (χ0) is 9.90. The van der Waals surface area contributed by atoms with E-state index in [1.165, 1.54) is 10.9 Å². The summed E-state index contributed by atoms with van der Waals surface area (Å²) in [5, 5.41) is 4.58. The monoisotopic (exact) mass is 191 g/mol. The lowest BCUT2D eigenvalue weighted by Crippen LogP contribution is -2.39. The van der Waals surface area contributed by atoms with Crippen molar-refractivity contribution in [2.45, 2.75) is 13.1 Å². The van der Waals surface area contributed by atoms with Crippen molar-refractivity contribution in [3.63, 3.8) is 0 Å². The molecule has 0 spiro atoms. The van der Waals surface area contributed by atoms with Crippen LogP contribution >= 0.6 is 0 Å². The van der Waals surface area contributed by atoms with E-state index >= 15 is 0 Å². The molecule has 0 aliphatic heterocycles. The van der Waals surface area contributed by atoms with Crippen LogP contribution in [0.2, 0.25) is 13.1 Å². The minimum atomic E-state index is -1.38. The van der Waals surface area contributed by atoms with Gasteiger partial charge in [-0.2, -0.15) is 0 Å². The Hall–Kier alpha value is -1.02. The Morgan fingerprint density at radius 1 is 1.38 bits per heavy atom. The molecule has 1 rings (SSSR count). The first-order chi connectivity index (χ1) is 6.10. The normalized spacial score (nSPS) is 11.0. The van der Waals surface area contributed by atoms with Gasteiger partial charge in [-0.3, -0.25) is 0 Å². The lowest BCUT2D eigenvalue weighted by molar-refractivity contribution is 1.52. The molecule has 0 aliphatic carbocycles. The highest BCUT2D eigenvalue weighted by atomic mass is 28.3. The second kappa shape index (κ2) is 3.79. The Morgan fingerprint density at radius 3 is 2.62 bits per heavy atom. The summed E-state index contributed by atoms with van der Waals surface area (Å²) in [5.41, 5.74) is 3.29. The molecule has 0 aliphatic rings. The van der Waals surface area contributed by atoms with Crippen molar-refractivity contribution < 1.29 is 0 Å². The molecule has 1 N–H and O–H groups in total. The smallest absolute Gasteiger partial charge is 0.103 e. The minimum absolute atomic E-state index is 1.18. The van der Waals surface area contributed by atoms with E-state index in [-0.39, 0.29) is 0 Å². The van der Waals surface area contributed by atoms with Crippen molar-refractivity contribution in [1.29, 1.82) is 0 Å². The van der Waals surface area contributed by atoms with Crippen molar-refractivity contribution in [2.75, 3.05) is 12.4 Å². The lowest BCUT2D eigenvalue weighted by Gasteiger charge is -2.18. The van der Waals surface area contributed by atoms with E-state index in [2.05, 4.69) is 55.0 Å². The van der Waals surface area contributed by atoms with Gasteiger partial charge < -0.3 is 5.32 Å². The molecule has 1 nitrogen and oxygen atoms in total. The largest absolute Gasteiger partial charge is 0.388 e. The van der Waals surface area contributed by atoms with Crippen molar-refractivity contribution in [2.24, 2.45) is 0 Å². The zero-order valence-corrected chi connectivity index (χ0v) is 9.59. The molecule has 0 unspecified atom stereocenters. The number of anilines is 1. The fraction of sp³-hybridized carbons (Fsp3) is 0.273. The summed E-state index contributed by atoms with van der Waals surface area (Å²) in [4.78, 5) is 0. The second-order valence-electron chi connectivity index (χ2n) is 3.76. The highest BCUT2D eigenvalue weighted by molar-refractivity contribution is 6.93. The molecule has 1 aromatic carbocycles. The molecular formula is C11H17NSi. The van der Waals surface area contributed by atoms with E-state index in [1.807, 2.05) is 7.05 Å². The van der Waals surface area contributed by atoms with Gasteiger partial charge in [-0.05, 0) is 12.1 Å². The van der Waals surface area contributed by atoms with Crippen molar-refractivity contribution >= 4 is 18.9 Å². The molecule has 0 atom stereocenters. The van der Waals surface area contributed by atoms with Gasteiger partial charge in [0, 0.05) is 12.7 Å². The Labute approximate surface area is 81.5 Å². The van der Waals surface area contributed by atoms with Crippen LogP contribution in [0.15, 0.2) is 36.5 Å². The summed E-state index contributed by atoms with van der Waals surface area (Å²) in [7, 11) is 0.569. The zero-order valence-electron chi connectivity index (χ0n) is 8.59. The maximum atomic E-state index is 3.91. The van der Waals surface area contributed by atoms with Gasteiger partial charge in [-0.15, -0.1) is 6.58 Å². The average Bonchev–Trinajstić information content (AvgIpc) is 2.18. The van der Waals surface area contributed by atoms with Gasteiger partial charge in [-0.25, -0.2) is 0 Å². The predicted molar refractivity (Wildman–Crippen MR) is 63.3 cm³/mol. The molecule has 0 heterocycles. The van der Waals surface area contributed by atoms with Gasteiger partial charge in [0.25, 0.3) is 0 Å². The van der Waals surface area contributed by atoms with Crippen molar-refractivity contribution in [3.05, 3.63) is 36.5 Å². The fourth-order valence-corrected chi connectivity index (χ4v) is 2.48. The number of hydrogen-bond acceptors (Lipinski definition) is 1. The molecule has 0 aromatic heterocycles. The number of rotatable bonds is 3. The van der Waals surface area contributed by atoms with E-state index in [4.69, 9.17) is 0 Å². The maximum absolute atomic E-state index is 3.91. The first-order valence-corrected chi connectivity index (χ1v) is 7.60. The molecule has 0 bridgehead atoms. The maximum Gasteiger partial charge on any atom is 0.103 e. The van der Waals surface area contributed by atoms with Gasteiger partial charge in [0.15, 0.2) is 0 Å². The first-order valence-electron chi connectivity index (χ1n) is 4.52. The van der Waals surface area contributed by atoms with Gasteiger partial charge >= 0.3 is 0 Å². The summed E-state index contributed by atoms with van der Waals surface area (Å²) in [6.45, 7) is 8.51. The third-order valence-corrected chi connectivity index (χ3v) is 5.23. The molecule has 1 aromatic rings. The van der Waals surface area contributed by atoms with Crippen LogP contribution in [0.5, 0.6) is 0 Å². The number of benzene rings is 1. The first kappa shape index (κ1) is 10.1. The van der Waals surface area contributed by atoms with E-state index in [0.29, 0.717) is 0 Å². The molecule has 0 fully saturated rings. The van der Waals surface area contributed by atoms with Gasteiger partial charge in [-0.1, -0.05) is 36.1 Å². The second-order valence-corrected chi connectivity index (χ2v) is 8.19. The lowest BCUT2D eigenvalue weighted by atomic mass is 10.3. The third-order valence-electron chi connectivity index (χ3n) is 2.41. The summed E-state index contributed by atoms with van der Waals surface area (Å²) in [6.07, 6.45) is 0. The van der Waals surface area contributed by atoms with Crippen LogP contribution in [0, 0.1) is 0 Å². The molecular weight excluding hydrogens is 174 g/mol. The highest BCUT2D eigenvalue weighted by Crippen LogP contribution is 2.09. The number of nitrogens with one attached hydrogen (secondary N) is 1. The van der Waals surface area contributed by atoms with E-state index in [1.54, 1.807) is 0 Å². The topological polar surface area (TPSA) is 12.0 Å². The SMILES string of the molecule is C=C[Si](C)(C)c1cccc(NC)c1. The Morgan fingerprint density at radius 2 is 2.08 bits per heavy atom. The molecule has 0 radical (unpaired) electrons. The number of hydrogen-bond donors (Lipinski definition) is 1. The molecule has 70 valence electrons. The van der Waals surface area contributed by atoms with Gasteiger partial charge in [0.1, 0.15) is 8.07 Å². The summed E-state index contributed by atoms with van der Waals surface area (Å²) >= 11 is 0. The highest BCUT2D eigenvalue weighted by Gasteiger charge is 2.18. The third kappa shape index (κ3) is 2.22. The molecule has 0 saturated carbocycles. The van der Waals surface area contributed by atoms with Gasteiger partial charge in [0.05, 0.1) is 0 Å². The molecule has 13 heavy (non-hydrogen) atoms. The Kier molecular flexibility index (Phi) is 2.93. The van der Waals surface area contributed by atoms with Crippen LogP contribution < -0.4 is 10.5 Å². The van der Waals surface area contributed by atoms with E-state index in [0.717, 1.165) is 0 Å². The van der Waals surface area contributed by atoms with Crippen LogP contribution in [-0.2, 0) is 0 Å². The van der Waals surface area contributed by atoms with Crippen LogP contribution in [-0.4, -0.2) is 15.1 Å². The van der Waals surface area contributed by atoms with Crippen LogP contribution in [0.1, 0.15) is 0 Å². The van der Waals surface area contributed by atoms with Crippen molar-refractivity contribution in [1.82, 2.24) is 0 Å². The minimum Gasteiger partial charge on any atom is -0.388 e. The predicted octanol–water partition coefficient (Wildman–Crippen LogP) is 2.37. The van der Waals surface area contributed by atoms with E-state index in [9.17, 15) is 0 Å². The quantitative estimate of drug-likeness (QED) is 0.723. The molecule has 0 amide bonds. The van der Waals surface area contributed by atoms with Crippen LogP contribution in [0.4, 0.5) is 5.69 Å². The standard InChI is InChI=1S/C11H17NSi/c1-5-13(3,4)11-8-6-7-10(9-11)12-2/h5-9,12H,1H2,2-4H3. The summed E-state index contributed by atoms with van der Waals surface area (Å²) < 4.78 is 0.